The molecule has 212 valence electrons. The summed E-state index contributed by atoms with van der Waals surface area (Å²) in [6.45, 7) is -0.372. The highest BCUT2D eigenvalue weighted by Gasteiger charge is 2.34. The summed E-state index contributed by atoms with van der Waals surface area (Å²) in [5.74, 6) is -0.749. The summed E-state index contributed by atoms with van der Waals surface area (Å²) in [5.41, 5.74) is 1.92. The van der Waals surface area contributed by atoms with E-state index in [0.29, 0.717) is 0 Å². The summed E-state index contributed by atoms with van der Waals surface area (Å²) in [4.78, 5) is 29.4. The van der Waals surface area contributed by atoms with Crippen LogP contribution in [0.4, 0.5) is 5.69 Å². The number of nitrogens with zero attached hydrogens (tertiary/aromatic N) is 2. The second-order valence-corrected chi connectivity index (χ2v) is 13.3. The number of hydrogen-bond acceptors (Lipinski definition) is 4. The monoisotopic (exact) mass is 645 g/mol. The number of hydrogen-bond donors (Lipinski definition) is 1. The third-order valence-corrected chi connectivity index (χ3v) is 9.01. The number of nitrogens with one attached hydrogen (secondary N) is 1. The number of amides is 2. The number of anilines is 1. The molecular formula is C30H33BrClN3O4S. The first-order valence-electron chi connectivity index (χ1n) is 13.2. The average Bonchev–Trinajstić information content (AvgIpc) is 3.43. The Kier molecular flexibility index (Phi) is 10.3. The molecule has 10 heteroatoms. The molecular weight excluding hydrogens is 614 g/mol. The SMILES string of the molecule is CS(=O)(=O)N(CC(=O)N(Cc1ccc(Br)cc1)C(Cc1ccccc1)C(=O)NC1CCCC1)c1ccccc1Cl. The molecule has 1 aliphatic rings. The van der Waals surface area contributed by atoms with Crippen LogP contribution < -0.4 is 9.62 Å². The lowest BCUT2D eigenvalue weighted by molar-refractivity contribution is -0.140. The number of benzene rings is 3. The zero-order valence-corrected chi connectivity index (χ0v) is 25.5. The van der Waals surface area contributed by atoms with Crippen LogP contribution in [-0.4, -0.2) is 50.0 Å². The summed E-state index contributed by atoms with van der Waals surface area (Å²) < 4.78 is 27.6. The molecule has 4 rings (SSSR count). The molecule has 1 saturated carbocycles. The summed E-state index contributed by atoms with van der Waals surface area (Å²) in [5, 5.41) is 3.37. The first-order valence-corrected chi connectivity index (χ1v) is 16.2. The topological polar surface area (TPSA) is 86.8 Å². The maximum absolute atomic E-state index is 14.1. The van der Waals surface area contributed by atoms with E-state index in [-0.39, 0.29) is 35.6 Å². The summed E-state index contributed by atoms with van der Waals surface area (Å²) >= 11 is 9.79. The van der Waals surface area contributed by atoms with Gasteiger partial charge in [-0.05, 0) is 48.2 Å². The molecule has 0 radical (unpaired) electrons. The Morgan fingerprint density at radius 1 is 0.950 bits per heavy atom. The van der Waals surface area contributed by atoms with E-state index in [1.54, 1.807) is 24.3 Å². The van der Waals surface area contributed by atoms with Crippen molar-refractivity contribution < 1.29 is 18.0 Å². The smallest absolute Gasteiger partial charge is 0.244 e. The maximum atomic E-state index is 14.1. The third-order valence-electron chi connectivity index (χ3n) is 7.04. The zero-order chi connectivity index (χ0) is 28.7. The van der Waals surface area contributed by atoms with Gasteiger partial charge in [0.15, 0.2) is 0 Å². The first kappa shape index (κ1) is 30.1. The molecule has 40 heavy (non-hydrogen) atoms. The van der Waals surface area contributed by atoms with E-state index >= 15 is 0 Å². The van der Waals surface area contributed by atoms with Crippen molar-refractivity contribution in [3.8, 4) is 0 Å². The van der Waals surface area contributed by atoms with Crippen LogP contribution in [0.15, 0.2) is 83.3 Å². The van der Waals surface area contributed by atoms with Gasteiger partial charge in [0, 0.05) is 23.5 Å². The van der Waals surface area contributed by atoms with Crippen LogP contribution in [0.25, 0.3) is 0 Å². The number of carbonyl (C=O) groups is 2. The van der Waals surface area contributed by atoms with Crippen LogP contribution in [0.5, 0.6) is 0 Å². The van der Waals surface area contributed by atoms with Gasteiger partial charge < -0.3 is 10.2 Å². The fourth-order valence-corrected chi connectivity index (χ4v) is 6.37. The van der Waals surface area contributed by atoms with Gasteiger partial charge in [0.2, 0.25) is 21.8 Å². The molecule has 0 spiro atoms. The maximum Gasteiger partial charge on any atom is 0.244 e. The van der Waals surface area contributed by atoms with Crippen LogP contribution in [0, 0.1) is 0 Å². The van der Waals surface area contributed by atoms with E-state index in [0.717, 1.165) is 51.8 Å². The summed E-state index contributed by atoms with van der Waals surface area (Å²) in [6.07, 6.45) is 5.23. The molecule has 0 aliphatic heterocycles. The molecule has 1 atom stereocenters. The second kappa shape index (κ2) is 13.7. The zero-order valence-electron chi connectivity index (χ0n) is 22.3. The van der Waals surface area contributed by atoms with Gasteiger partial charge in [-0.1, -0.05) is 95.0 Å². The fourth-order valence-electron chi connectivity index (χ4n) is 4.96. The molecule has 0 bridgehead atoms. The number of para-hydroxylation sites is 1. The Bertz CT molecular complexity index is 1410. The van der Waals surface area contributed by atoms with Crippen molar-refractivity contribution in [2.75, 3.05) is 17.1 Å². The number of carbonyl (C=O) groups excluding carboxylic acids is 2. The Morgan fingerprint density at radius 2 is 1.57 bits per heavy atom. The molecule has 0 aromatic heterocycles. The van der Waals surface area contributed by atoms with Gasteiger partial charge in [0.25, 0.3) is 0 Å². The highest BCUT2D eigenvalue weighted by atomic mass is 79.9. The minimum absolute atomic E-state index is 0.0612. The fraction of sp³-hybridized carbons (Fsp3) is 0.333. The molecule has 0 heterocycles. The van der Waals surface area contributed by atoms with E-state index in [1.807, 2.05) is 54.6 Å². The predicted octanol–water partition coefficient (Wildman–Crippen LogP) is 5.57. The summed E-state index contributed by atoms with van der Waals surface area (Å²) in [7, 11) is -3.88. The Labute approximate surface area is 249 Å². The molecule has 0 saturated heterocycles. The molecule has 3 aromatic rings. The van der Waals surface area contributed by atoms with Crippen LogP contribution in [-0.2, 0) is 32.6 Å². The van der Waals surface area contributed by atoms with E-state index in [9.17, 15) is 18.0 Å². The van der Waals surface area contributed by atoms with E-state index in [1.165, 1.54) is 4.90 Å². The van der Waals surface area contributed by atoms with Crippen molar-refractivity contribution in [1.82, 2.24) is 10.2 Å². The summed E-state index contributed by atoms with van der Waals surface area (Å²) in [6, 6.07) is 22.7. The lowest BCUT2D eigenvalue weighted by Gasteiger charge is -2.34. The van der Waals surface area contributed by atoms with E-state index in [4.69, 9.17) is 11.6 Å². The van der Waals surface area contributed by atoms with Gasteiger partial charge in [-0.2, -0.15) is 0 Å². The first-order chi connectivity index (χ1) is 19.1. The molecule has 1 unspecified atom stereocenters. The third kappa shape index (κ3) is 8.08. The highest BCUT2D eigenvalue weighted by Crippen LogP contribution is 2.28. The van der Waals surface area contributed by atoms with Gasteiger partial charge in [0.05, 0.1) is 17.0 Å². The van der Waals surface area contributed by atoms with Crippen LogP contribution >= 0.6 is 27.5 Å². The van der Waals surface area contributed by atoms with Gasteiger partial charge in [-0.15, -0.1) is 0 Å². The van der Waals surface area contributed by atoms with E-state index in [2.05, 4.69) is 21.2 Å². The van der Waals surface area contributed by atoms with Crippen LogP contribution in [0.1, 0.15) is 36.8 Å². The van der Waals surface area contributed by atoms with Crippen molar-refractivity contribution in [2.24, 2.45) is 0 Å². The molecule has 7 nitrogen and oxygen atoms in total. The Balaban J connectivity index is 1.72. The van der Waals surface area contributed by atoms with Crippen LogP contribution in [0.2, 0.25) is 5.02 Å². The number of rotatable bonds is 11. The average molecular weight is 647 g/mol. The quantitative estimate of drug-likeness (QED) is 0.295. The molecule has 2 amide bonds. The van der Waals surface area contributed by atoms with Gasteiger partial charge in [-0.25, -0.2) is 8.42 Å². The predicted molar refractivity (Wildman–Crippen MR) is 163 cm³/mol. The van der Waals surface area contributed by atoms with Gasteiger partial charge >= 0.3 is 0 Å². The van der Waals surface area contributed by atoms with Crippen molar-refractivity contribution in [2.45, 2.75) is 50.7 Å². The molecule has 1 N–H and O–H groups in total. The van der Waals surface area contributed by atoms with Crippen LogP contribution in [0.3, 0.4) is 0 Å². The molecule has 3 aromatic carbocycles. The van der Waals surface area contributed by atoms with Crippen molar-refractivity contribution in [3.05, 3.63) is 99.5 Å². The number of halogens is 2. The lowest BCUT2D eigenvalue weighted by Crippen LogP contribution is -2.54. The second-order valence-electron chi connectivity index (χ2n) is 10.1. The van der Waals surface area contributed by atoms with Crippen molar-refractivity contribution in [1.29, 1.82) is 0 Å². The van der Waals surface area contributed by atoms with Crippen molar-refractivity contribution in [3.63, 3.8) is 0 Å². The minimum Gasteiger partial charge on any atom is -0.352 e. The minimum atomic E-state index is -3.88. The molecule has 1 aliphatic carbocycles. The number of sulfonamides is 1. The van der Waals surface area contributed by atoms with Crippen molar-refractivity contribution >= 4 is 55.1 Å². The normalized spacial score (nSPS) is 14.5. The molecule has 1 fully saturated rings. The van der Waals surface area contributed by atoms with Gasteiger partial charge in [-0.3, -0.25) is 13.9 Å². The standard InChI is InChI=1S/C30H33BrClN3O4S/c1-40(38,39)35(27-14-8-7-13-26(27)32)21-29(36)34(20-23-15-17-24(31)18-16-23)28(19-22-9-3-2-4-10-22)30(37)33-25-11-5-6-12-25/h2-4,7-10,13-18,25,28H,5-6,11-12,19-21H2,1H3,(H,33,37). The van der Waals surface area contributed by atoms with Gasteiger partial charge in [0.1, 0.15) is 12.6 Å². The lowest BCUT2D eigenvalue weighted by atomic mass is 10.0. The Morgan fingerprint density at radius 3 is 2.20 bits per heavy atom. The highest BCUT2D eigenvalue weighted by molar-refractivity contribution is 9.10. The van der Waals surface area contributed by atoms with E-state index < -0.39 is 28.5 Å². The Hall–Kier alpha value is -2.88. The largest absolute Gasteiger partial charge is 0.352 e.